The van der Waals surface area contributed by atoms with Crippen LogP contribution in [-0.2, 0) is 59.3 Å². The van der Waals surface area contributed by atoms with Crippen LogP contribution in [0.15, 0.2) is 53.4 Å². The molecule has 0 fully saturated rings. The van der Waals surface area contributed by atoms with Gasteiger partial charge in [0.25, 0.3) is 5.91 Å². The van der Waals surface area contributed by atoms with E-state index in [4.69, 9.17) is 58.7 Å². The van der Waals surface area contributed by atoms with Crippen LogP contribution in [0.25, 0.3) is 0 Å². The summed E-state index contributed by atoms with van der Waals surface area (Å²) in [5.41, 5.74) is 6.95. The van der Waals surface area contributed by atoms with Crippen LogP contribution in [0, 0.1) is 31.6 Å². The molecule has 14 nitrogen and oxygen atoms in total. The van der Waals surface area contributed by atoms with Crippen molar-refractivity contribution in [3.63, 3.8) is 0 Å². The molecule has 0 aliphatic rings. The van der Waals surface area contributed by atoms with Gasteiger partial charge in [0.1, 0.15) is 13.2 Å². The van der Waals surface area contributed by atoms with Crippen LogP contribution in [-0.4, -0.2) is 154 Å². The lowest BCUT2D eigenvalue weighted by molar-refractivity contribution is 0.00176. The topological polar surface area (TPSA) is 180 Å². The van der Waals surface area contributed by atoms with Gasteiger partial charge in [0, 0.05) is 30.6 Å². The number of terminal acetylenes is 2. The molecule has 2 aromatic carbocycles. The van der Waals surface area contributed by atoms with Crippen LogP contribution in [0.3, 0.4) is 0 Å². The molecule has 0 aliphatic carbocycles. The molecule has 1 amide bonds. The first kappa shape index (κ1) is 50.1. The van der Waals surface area contributed by atoms with Crippen LogP contribution in [0.1, 0.15) is 32.7 Å². The van der Waals surface area contributed by atoms with Gasteiger partial charge in [-0.3, -0.25) is 9.59 Å². The summed E-state index contributed by atoms with van der Waals surface area (Å²) in [5.74, 6) is 3.87. The minimum atomic E-state index is -3.55. The summed E-state index contributed by atoms with van der Waals surface area (Å²) in [6, 6.07) is 12.7. The lowest BCUT2D eigenvalue weighted by Crippen LogP contribution is -2.27. The van der Waals surface area contributed by atoms with E-state index in [0.29, 0.717) is 123 Å². The molecule has 2 rings (SSSR count). The van der Waals surface area contributed by atoms with E-state index in [0.717, 1.165) is 12.9 Å². The van der Waals surface area contributed by atoms with Gasteiger partial charge in [-0.05, 0) is 37.9 Å². The number of hydrogen-bond acceptors (Lipinski definition) is 13. The summed E-state index contributed by atoms with van der Waals surface area (Å²) in [6.45, 7) is 11.9. The number of benzene rings is 2. The lowest BCUT2D eigenvalue weighted by Gasteiger charge is -2.08. The molecule has 320 valence electrons. The SMILES string of the molecule is C#CCOCCOCCOCCOCCN.C#CCOCCOCCOCCOCCNC(=O)c1ccc(C(=O)CCS(=O)(=O)c2ccc(C)cc2)cc1.[2H]S([2H])=PC. The number of carbonyl (C=O) groups is 2. The van der Waals surface area contributed by atoms with Crippen molar-refractivity contribution in [3.05, 3.63) is 65.2 Å². The molecule has 0 bridgehead atoms. The first-order valence-electron chi connectivity index (χ1n) is 19.1. The molecule has 0 saturated heterocycles. The fraction of sp³-hybridized carbons (Fsp3) is 0.550. The van der Waals surface area contributed by atoms with E-state index in [2.05, 4.69) is 17.2 Å². The zero-order valence-corrected chi connectivity index (χ0v) is 35.7. The maximum Gasteiger partial charge on any atom is 0.251 e. The Morgan fingerprint density at radius 3 is 1.53 bits per heavy atom. The van der Waals surface area contributed by atoms with Gasteiger partial charge in [-0.25, -0.2) is 8.42 Å². The van der Waals surface area contributed by atoms with Gasteiger partial charge in [0.15, 0.2) is 15.6 Å². The number of carbonyl (C=O) groups excluding carboxylic acids is 2. The van der Waals surface area contributed by atoms with E-state index in [1.165, 1.54) is 24.3 Å². The van der Waals surface area contributed by atoms with Gasteiger partial charge in [-0.1, -0.05) is 49.0 Å². The molecular weight excluding hydrogens is 796 g/mol. The van der Waals surface area contributed by atoms with Gasteiger partial charge in [-0.15, -0.1) is 12.8 Å². The fourth-order valence-corrected chi connectivity index (χ4v) is 5.29. The molecule has 0 heterocycles. The third-order valence-electron chi connectivity index (χ3n) is 6.84. The number of rotatable bonds is 31. The third kappa shape index (κ3) is 31.6. The Hall–Kier alpha value is -3.06. The van der Waals surface area contributed by atoms with Gasteiger partial charge < -0.3 is 48.9 Å². The molecule has 57 heavy (non-hydrogen) atoms. The average Bonchev–Trinajstić information content (AvgIpc) is 3.24. The molecule has 0 atom stereocenters. The Kier molecular flexibility index (Phi) is 33.8. The zero-order valence-electron chi connectivity index (χ0n) is 35.2. The van der Waals surface area contributed by atoms with Crippen LogP contribution < -0.4 is 11.1 Å². The quantitative estimate of drug-likeness (QED) is 0.0490. The first-order chi connectivity index (χ1) is 28.5. The molecule has 0 radical (unpaired) electrons. The Morgan fingerprint density at radius 1 is 0.702 bits per heavy atom. The van der Waals surface area contributed by atoms with Crippen LogP contribution >= 0.6 is 7.36 Å². The molecule has 0 saturated carbocycles. The Morgan fingerprint density at radius 2 is 1.11 bits per heavy atom. The van der Waals surface area contributed by atoms with Crippen molar-refractivity contribution >= 4 is 40.5 Å². The highest BCUT2D eigenvalue weighted by atomic mass is 32.4. The molecule has 17 heteroatoms. The van der Waals surface area contributed by atoms with Crippen molar-refractivity contribution in [2.75, 3.05) is 131 Å². The number of hydrogen-bond donors (Lipinski definition) is 2. The number of sulfone groups is 1. The maximum atomic E-state index is 12.5. The van der Waals surface area contributed by atoms with Gasteiger partial charge in [-0.2, -0.15) is 11.6 Å². The largest absolute Gasteiger partial charge is 0.378 e. The Balaban J connectivity index is 0.00000132. The summed E-state index contributed by atoms with van der Waals surface area (Å²) < 4.78 is 79.7. The summed E-state index contributed by atoms with van der Waals surface area (Å²) in [4.78, 5) is 25.0. The summed E-state index contributed by atoms with van der Waals surface area (Å²) >= 11 is -0.850. The second-order valence-corrected chi connectivity index (χ2v) is 14.9. The zero-order chi connectivity index (χ0) is 43.8. The highest BCUT2D eigenvalue weighted by molar-refractivity contribution is 7.96. The monoisotopic (exact) mass is 858 g/mol. The molecule has 0 spiro atoms. The van der Waals surface area contributed by atoms with Crippen LogP contribution in [0.4, 0.5) is 0 Å². The van der Waals surface area contributed by atoms with Crippen molar-refractivity contribution in [1.29, 1.82) is 2.25 Å². The van der Waals surface area contributed by atoms with Gasteiger partial charge >= 0.3 is 0 Å². The minimum Gasteiger partial charge on any atom is -0.378 e. The number of ether oxygens (including phenoxy) is 8. The molecular formula is C40H61N2O12PS2. The van der Waals surface area contributed by atoms with E-state index in [1.807, 2.05) is 13.6 Å². The molecule has 0 unspecified atom stereocenters. The van der Waals surface area contributed by atoms with E-state index in [-0.39, 0.29) is 35.4 Å². The van der Waals surface area contributed by atoms with Gasteiger partial charge in [0.2, 0.25) is 0 Å². The van der Waals surface area contributed by atoms with Crippen LogP contribution in [0.5, 0.6) is 0 Å². The van der Waals surface area contributed by atoms with E-state index >= 15 is 0 Å². The summed E-state index contributed by atoms with van der Waals surface area (Å²) in [7, 11) is -2.69. The highest BCUT2D eigenvalue weighted by Crippen LogP contribution is 2.15. The number of nitrogens with one attached hydrogen (secondary N) is 1. The third-order valence-corrected chi connectivity index (χ3v) is 8.58. The van der Waals surface area contributed by atoms with Crippen LogP contribution in [0.2, 0.25) is 0 Å². The lowest BCUT2D eigenvalue weighted by atomic mass is 10.1. The number of Topliss-reactive ketones (excluding diaryl/α,β-unsaturated/α-hetero) is 1. The number of ketones is 1. The Labute approximate surface area is 348 Å². The van der Waals surface area contributed by atoms with Crippen molar-refractivity contribution in [2.24, 2.45) is 5.73 Å². The molecule has 2 aromatic rings. The molecule has 0 aromatic heterocycles. The van der Waals surface area contributed by atoms with Crippen molar-refractivity contribution < 1.29 is 55.9 Å². The van der Waals surface area contributed by atoms with Gasteiger partial charge in [0.05, 0.1) is 105 Å². The van der Waals surface area contributed by atoms with Crippen molar-refractivity contribution in [2.45, 2.75) is 18.2 Å². The molecule has 3 N–H and O–H groups in total. The highest BCUT2D eigenvalue weighted by Gasteiger charge is 2.17. The predicted molar refractivity (Wildman–Crippen MR) is 227 cm³/mol. The average molecular weight is 859 g/mol. The smallest absolute Gasteiger partial charge is 0.251 e. The number of amides is 1. The number of aryl methyl sites for hydroxylation is 1. The van der Waals surface area contributed by atoms with E-state index in [1.54, 1.807) is 24.3 Å². The minimum absolute atomic E-state index is 0.141. The van der Waals surface area contributed by atoms with E-state index < -0.39 is 21.5 Å². The molecule has 0 aliphatic heterocycles. The second-order valence-electron chi connectivity index (χ2n) is 11.3. The first-order valence-corrected chi connectivity index (χ1v) is 22.3. The summed E-state index contributed by atoms with van der Waals surface area (Å²) in [5, 5.41) is 2.74. The summed E-state index contributed by atoms with van der Waals surface area (Å²) in [6.07, 6.45) is 9.93. The standard InChI is InChI=1S/C28H35NO8S.C11H21NO4.CH5PS/c1-3-14-34-16-18-36-20-21-37-19-17-35-15-13-29-28(31)25-8-6-24(7-9-25)27(30)12-22-38(32,33)26-10-4-23(2)5-11-26;1-2-4-13-6-8-15-10-11-16-9-7-14-5-3-12;1-2-3/h1,4-11H,12-22H2,2H3,(H,29,31);1H,3-12H2;3H2,1H3/i;;3D2. The normalized spacial score (nSPS) is 11.3. The van der Waals surface area contributed by atoms with E-state index in [9.17, 15) is 18.0 Å². The Bertz CT molecular complexity index is 1600. The maximum absolute atomic E-state index is 12.5. The number of nitrogens with two attached hydrogens (primary N) is 1. The second kappa shape index (κ2) is 38.5. The predicted octanol–water partition coefficient (Wildman–Crippen LogP) is 2.60. The van der Waals surface area contributed by atoms with Crippen molar-refractivity contribution in [3.8, 4) is 24.7 Å². The fourth-order valence-electron chi connectivity index (χ4n) is 4.05. The van der Waals surface area contributed by atoms with Crippen molar-refractivity contribution in [1.82, 2.24) is 5.32 Å².